The van der Waals surface area contributed by atoms with E-state index in [-0.39, 0.29) is 0 Å². The van der Waals surface area contributed by atoms with Crippen LogP contribution in [0.1, 0.15) is 83.1 Å². The Kier molecular flexibility index (Phi) is 13.0. The second-order valence-electron chi connectivity index (χ2n) is 11.8. The van der Waals surface area contributed by atoms with Gasteiger partial charge in [-0.25, -0.2) is 0 Å². The third kappa shape index (κ3) is 11.2. The maximum atomic E-state index is 3.28. The van der Waals surface area contributed by atoms with E-state index in [9.17, 15) is 0 Å². The van der Waals surface area contributed by atoms with Crippen LogP contribution in [0.5, 0.6) is 0 Å². The van der Waals surface area contributed by atoms with Crippen molar-refractivity contribution in [1.82, 2.24) is 4.23 Å². The minimum Gasteiger partial charge on any atom is -0.346 e. The van der Waals surface area contributed by atoms with Gasteiger partial charge in [0.15, 0.2) is 0 Å². The zero-order chi connectivity index (χ0) is 21.4. The minimum atomic E-state index is -1.50. The van der Waals surface area contributed by atoms with Crippen LogP contribution in [0.15, 0.2) is 0 Å². The SMILES string of the molecule is CC(C)CN([Si](CC(C)C)CC(C)C)[Si](CC(C)C)(CC(C)C)CC(C)C. The predicted molar refractivity (Wildman–Crippen MR) is 131 cm³/mol. The molecule has 0 aromatic heterocycles. The van der Waals surface area contributed by atoms with E-state index in [1.54, 1.807) is 0 Å². The molecule has 0 saturated heterocycles. The van der Waals surface area contributed by atoms with Crippen molar-refractivity contribution >= 4 is 17.2 Å². The molecule has 1 radical (unpaired) electrons. The lowest BCUT2D eigenvalue weighted by atomic mass is 10.2. The molecule has 0 saturated carbocycles. The van der Waals surface area contributed by atoms with E-state index in [1.165, 1.54) is 36.8 Å². The highest BCUT2D eigenvalue weighted by Gasteiger charge is 2.44. The Morgan fingerprint density at radius 2 is 0.852 bits per heavy atom. The molecule has 0 atom stereocenters. The van der Waals surface area contributed by atoms with Crippen LogP contribution in [-0.4, -0.2) is 28.0 Å². The van der Waals surface area contributed by atoms with E-state index >= 15 is 0 Å². The Bertz CT molecular complexity index is 338. The summed E-state index contributed by atoms with van der Waals surface area (Å²) in [6.07, 6.45) is 0. The van der Waals surface area contributed by atoms with E-state index in [0.29, 0.717) is 0 Å². The highest BCUT2D eigenvalue weighted by molar-refractivity contribution is 6.86. The largest absolute Gasteiger partial charge is 0.346 e. The van der Waals surface area contributed by atoms with Crippen molar-refractivity contribution in [2.24, 2.45) is 35.5 Å². The third-order valence-corrected chi connectivity index (χ3v) is 17.1. The summed E-state index contributed by atoms with van der Waals surface area (Å²) in [5.74, 6) is 4.91. The number of hydrogen-bond donors (Lipinski definition) is 0. The molecule has 0 amide bonds. The molecule has 0 aliphatic carbocycles. The van der Waals surface area contributed by atoms with Gasteiger partial charge < -0.3 is 4.23 Å². The van der Waals surface area contributed by atoms with E-state index in [1.807, 2.05) is 0 Å². The molecule has 163 valence electrons. The Morgan fingerprint density at radius 3 is 1.07 bits per heavy atom. The Morgan fingerprint density at radius 1 is 0.519 bits per heavy atom. The molecule has 0 rings (SSSR count). The first kappa shape index (κ1) is 27.4. The fourth-order valence-corrected chi connectivity index (χ4v) is 18.8. The summed E-state index contributed by atoms with van der Waals surface area (Å²) in [6.45, 7) is 31.0. The maximum Gasteiger partial charge on any atom is 0.129 e. The summed E-state index contributed by atoms with van der Waals surface area (Å²) in [5.41, 5.74) is 0. The van der Waals surface area contributed by atoms with Crippen LogP contribution in [0.2, 0.25) is 30.2 Å². The molecule has 27 heavy (non-hydrogen) atoms. The Labute approximate surface area is 176 Å². The number of hydrogen-bond acceptors (Lipinski definition) is 1. The fraction of sp³-hybridized carbons (Fsp3) is 1.00. The van der Waals surface area contributed by atoms with Gasteiger partial charge in [0, 0.05) is 0 Å². The monoisotopic (exact) mass is 412 g/mol. The molecule has 0 aromatic rings. The molecule has 0 bridgehead atoms. The van der Waals surface area contributed by atoms with Gasteiger partial charge in [-0.15, -0.1) is 0 Å². The van der Waals surface area contributed by atoms with E-state index in [4.69, 9.17) is 0 Å². The Balaban J connectivity index is 6.25. The lowest BCUT2D eigenvalue weighted by Gasteiger charge is -2.50. The number of rotatable bonds is 14. The van der Waals surface area contributed by atoms with Crippen molar-refractivity contribution in [2.45, 2.75) is 113 Å². The maximum absolute atomic E-state index is 3.28. The van der Waals surface area contributed by atoms with Gasteiger partial charge >= 0.3 is 0 Å². The predicted octanol–water partition coefficient (Wildman–Crippen LogP) is 8.16. The molecule has 0 heterocycles. The van der Waals surface area contributed by atoms with Crippen LogP contribution in [0.25, 0.3) is 0 Å². The van der Waals surface area contributed by atoms with Crippen molar-refractivity contribution in [3.63, 3.8) is 0 Å². The van der Waals surface area contributed by atoms with Crippen LogP contribution in [0.3, 0.4) is 0 Å². The van der Waals surface area contributed by atoms with Gasteiger partial charge in [-0.05, 0) is 72.3 Å². The molecular formula is C24H54NSi2. The molecule has 0 fully saturated rings. The van der Waals surface area contributed by atoms with Gasteiger partial charge in [0.2, 0.25) is 0 Å². The van der Waals surface area contributed by atoms with E-state index in [0.717, 1.165) is 35.5 Å². The van der Waals surface area contributed by atoms with E-state index < -0.39 is 17.2 Å². The van der Waals surface area contributed by atoms with Gasteiger partial charge in [-0.2, -0.15) is 0 Å². The topological polar surface area (TPSA) is 3.24 Å². The molecule has 0 aromatic carbocycles. The van der Waals surface area contributed by atoms with Crippen LogP contribution >= 0.6 is 0 Å². The molecule has 1 nitrogen and oxygen atoms in total. The van der Waals surface area contributed by atoms with Crippen molar-refractivity contribution in [3.05, 3.63) is 0 Å². The lowest BCUT2D eigenvalue weighted by molar-refractivity contribution is 0.455. The second-order valence-corrected chi connectivity index (χ2v) is 18.9. The fourth-order valence-electron chi connectivity index (χ4n) is 5.13. The van der Waals surface area contributed by atoms with Crippen molar-refractivity contribution in [1.29, 1.82) is 0 Å². The first-order valence-corrected chi connectivity index (χ1v) is 16.3. The van der Waals surface area contributed by atoms with Crippen molar-refractivity contribution in [2.75, 3.05) is 6.54 Å². The molecule has 0 spiro atoms. The smallest absolute Gasteiger partial charge is 0.129 e. The summed E-state index contributed by atoms with van der Waals surface area (Å²) in [5, 5.41) is 0. The van der Waals surface area contributed by atoms with Crippen LogP contribution < -0.4 is 0 Å². The summed E-state index contributed by atoms with van der Waals surface area (Å²) in [6, 6.07) is 7.44. The lowest BCUT2D eigenvalue weighted by Crippen LogP contribution is -2.62. The average molecular weight is 413 g/mol. The van der Waals surface area contributed by atoms with Crippen molar-refractivity contribution < 1.29 is 0 Å². The highest BCUT2D eigenvalue weighted by Crippen LogP contribution is 2.38. The summed E-state index contributed by atoms with van der Waals surface area (Å²) < 4.78 is 3.28. The van der Waals surface area contributed by atoms with Crippen LogP contribution in [0.4, 0.5) is 0 Å². The number of nitrogens with zero attached hydrogens (tertiary/aromatic N) is 1. The molecule has 0 N–H and O–H groups in total. The molecule has 0 aliphatic rings. The van der Waals surface area contributed by atoms with E-state index in [2.05, 4.69) is 87.3 Å². The normalized spacial score (nSPS) is 13.8. The van der Waals surface area contributed by atoms with Gasteiger partial charge in [-0.3, -0.25) is 0 Å². The first-order chi connectivity index (χ1) is 12.3. The average Bonchev–Trinajstić information content (AvgIpc) is 2.40. The summed E-state index contributed by atoms with van der Waals surface area (Å²) in [7, 11) is -1.97. The second kappa shape index (κ2) is 12.8. The first-order valence-electron chi connectivity index (χ1n) is 11.9. The quantitative estimate of drug-likeness (QED) is 0.260. The summed E-state index contributed by atoms with van der Waals surface area (Å²) in [4.78, 5) is 0. The Hall–Kier alpha value is 0.394. The van der Waals surface area contributed by atoms with Crippen molar-refractivity contribution in [3.8, 4) is 0 Å². The molecule has 3 heteroatoms. The van der Waals surface area contributed by atoms with Gasteiger partial charge in [0.05, 0.1) is 0 Å². The van der Waals surface area contributed by atoms with Gasteiger partial charge in [-0.1, -0.05) is 83.1 Å². The van der Waals surface area contributed by atoms with Crippen LogP contribution in [0, 0.1) is 35.5 Å². The van der Waals surface area contributed by atoms with Crippen LogP contribution in [-0.2, 0) is 0 Å². The van der Waals surface area contributed by atoms with Gasteiger partial charge in [0.1, 0.15) is 17.2 Å². The molecule has 0 aliphatic heterocycles. The molecular weight excluding hydrogens is 358 g/mol. The standard InChI is InChI=1S/C24H54NSi2/c1-19(2)13-25(26(14-20(3)4)15-21(5)6)27(16-22(7)8,17-23(9)10)18-24(11)12/h19-24H,13-18H2,1-12H3. The zero-order valence-electron chi connectivity index (χ0n) is 21.2. The zero-order valence-corrected chi connectivity index (χ0v) is 23.2. The highest BCUT2D eigenvalue weighted by atomic mass is 28.4. The molecule has 0 unspecified atom stereocenters. The minimum absolute atomic E-state index is 0.474. The summed E-state index contributed by atoms with van der Waals surface area (Å²) >= 11 is 0. The third-order valence-electron chi connectivity index (χ3n) is 5.15. The van der Waals surface area contributed by atoms with Gasteiger partial charge in [0.25, 0.3) is 0 Å².